The van der Waals surface area contributed by atoms with Crippen molar-refractivity contribution in [1.82, 2.24) is 4.90 Å². The minimum atomic E-state index is -0.357. The number of rotatable bonds is 3. The number of carbonyl (C=O) groups is 1. The zero-order valence-corrected chi connectivity index (χ0v) is 6.59. The van der Waals surface area contributed by atoms with Crippen LogP contribution in [0.15, 0.2) is 0 Å². The van der Waals surface area contributed by atoms with E-state index in [0.717, 1.165) is 0 Å². The number of ether oxygens (including phenoxy) is 2. The molecule has 0 unspecified atom stereocenters. The molecule has 0 N–H and O–H groups in total. The summed E-state index contributed by atoms with van der Waals surface area (Å²) >= 11 is 0. The zero-order valence-electron chi connectivity index (χ0n) is 6.59. The maximum atomic E-state index is 10.8. The van der Waals surface area contributed by atoms with Crippen LogP contribution in [0.5, 0.6) is 0 Å². The van der Waals surface area contributed by atoms with Crippen LogP contribution >= 0.6 is 0 Å². The second-order valence-corrected chi connectivity index (χ2v) is 1.81. The van der Waals surface area contributed by atoms with Crippen molar-refractivity contribution in [3.8, 4) is 0 Å². The predicted octanol–water partition coefficient (Wildman–Crippen LogP) is 0.679. The summed E-state index contributed by atoms with van der Waals surface area (Å²) in [6, 6.07) is 0. The van der Waals surface area contributed by atoms with Crippen molar-refractivity contribution in [2.75, 3.05) is 27.5 Å². The second kappa shape index (κ2) is 5.05. The van der Waals surface area contributed by atoms with Crippen molar-refractivity contribution in [2.24, 2.45) is 0 Å². The van der Waals surface area contributed by atoms with Gasteiger partial charge in [-0.3, -0.25) is 4.90 Å². The SMILES string of the molecule is CCOC(=O)N(C)COC. The van der Waals surface area contributed by atoms with Crippen LogP contribution < -0.4 is 0 Å². The number of hydrogen-bond donors (Lipinski definition) is 0. The molecule has 4 nitrogen and oxygen atoms in total. The first kappa shape index (κ1) is 9.23. The molecule has 0 rings (SSSR count). The molecule has 0 aromatic carbocycles. The van der Waals surface area contributed by atoms with Gasteiger partial charge in [0.05, 0.1) is 6.61 Å². The van der Waals surface area contributed by atoms with E-state index in [1.807, 2.05) is 0 Å². The average molecular weight is 147 g/mol. The van der Waals surface area contributed by atoms with Crippen molar-refractivity contribution in [3.63, 3.8) is 0 Å². The first-order chi connectivity index (χ1) is 4.72. The molecule has 0 aliphatic carbocycles. The lowest BCUT2D eigenvalue weighted by atomic mass is 10.8. The number of nitrogens with zero attached hydrogens (tertiary/aromatic N) is 1. The highest BCUT2D eigenvalue weighted by Crippen LogP contribution is 1.88. The lowest BCUT2D eigenvalue weighted by Crippen LogP contribution is -2.29. The van der Waals surface area contributed by atoms with Crippen LogP contribution in [0.3, 0.4) is 0 Å². The quantitative estimate of drug-likeness (QED) is 0.551. The van der Waals surface area contributed by atoms with E-state index in [-0.39, 0.29) is 12.8 Å². The molecule has 0 aliphatic rings. The molecule has 1 amide bonds. The summed E-state index contributed by atoms with van der Waals surface area (Å²) in [7, 11) is 3.14. The molecule has 0 saturated carbocycles. The molecule has 4 heteroatoms. The maximum Gasteiger partial charge on any atom is 0.411 e. The molecule has 0 bridgehead atoms. The molecule has 10 heavy (non-hydrogen) atoms. The largest absolute Gasteiger partial charge is 0.450 e. The van der Waals surface area contributed by atoms with E-state index >= 15 is 0 Å². The molecule has 0 aromatic heterocycles. The lowest BCUT2D eigenvalue weighted by molar-refractivity contribution is 0.0564. The van der Waals surface area contributed by atoms with Gasteiger partial charge in [0, 0.05) is 14.2 Å². The normalized spacial score (nSPS) is 9.10. The third-order valence-corrected chi connectivity index (χ3v) is 0.902. The van der Waals surface area contributed by atoms with Crippen molar-refractivity contribution >= 4 is 6.09 Å². The Balaban J connectivity index is 3.49. The van der Waals surface area contributed by atoms with E-state index in [1.54, 1.807) is 14.0 Å². The average Bonchev–Trinajstić information content (AvgIpc) is 1.89. The van der Waals surface area contributed by atoms with Gasteiger partial charge in [0.15, 0.2) is 0 Å². The summed E-state index contributed by atoms with van der Waals surface area (Å²) in [4.78, 5) is 12.1. The van der Waals surface area contributed by atoms with Gasteiger partial charge < -0.3 is 9.47 Å². The topological polar surface area (TPSA) is 38.8 Å². The van der Waals surface area contributed by atoms with Crippen molar-refractivity contribution in [3.05, 3.63) is 0 Å². The Kier molecular flexibility index (Phi) is 4.66. The van der Waals surface area contributed by atoms with Crippen LogP contribution in [0.25, 0.3) is 0 Å². The molecule has 0 aromatic rings. The molecule has 0 heterocycles. The molecular formula is C6H13NO3. The smallest absolute Gasteiger partial charge is 0.411 e. The fourth-order valence-electron chi connectivity index (χ4n) is 0.480. The first-order valence-corrected chi connectivity index (χ1v) is 3.09. The zero-order chi connectivity index (χ0) is 7.98. The highest BCUT2D eigenvalue weighted by Gasteiger charge is 2.06. The highest BCUT2D eigenvalue weighted by molar-refractivity contribution is 5.66. The monoisotopic (exact) mass is 147 g/mol. The van der Waals surface area contributed by atoms with Gasteiger partial charge in [-0.15, -0.1) is 0 Å². The number of carbonyl (C=O) groups excluding carboxylic acids is 1. The van der Waals surface area contributed by atoms with Crippen LogP contribution in [0, 0.1) is 0 Å². The summed E-state index contributed by atoms with van der Waals surface area (Å²) < 4.78 is 9.36. The van der Waals surface area contributed by atoms with Gasteiger partial charge >= 0.3 is 6.09 Å². The van der Waals surface area contributed by atoms with Crippen LogP contribution in [0.4, 0.5) is 4.79 Å². The Morgan fingerprint density at radius 3 is 2.60 bits per heavy atom. The Labute approximate surface area is 60.7 Å². The highest BCUT2D eigenvalue weighted by atomic mass is 16.6. The van der Waals surface area contributed by atoms with E-state index in [1.165, 1.54) is 12.0 Å². The minimum absolute atomic E-state index is 0.263. The minimum Gasteiger partial charge on any atom is -0.450 e. The standard InChI is InChI=1S/C6H13NO3/c1-4-10-6(8)7(2)5-9-3/h4-5H2,1-3H3. The Morgan fingerprint density at radius 1 is 1.60 bits per heavy atom. The molecule has 0 radical (unpaired) electrons. The summed E-state index contributed by atoms with van der Waals surface area (Å²) in [5, 5.41) is 0. The molecule has 60 valence electrons. The van der Waals surface area contributed by atoms with Crippen LogP contribution in [-0.2, 0) is 9.47 Å². The van der Waals surface area contributed by atoms with Gasteiger partial charge in [-0.05, 0) is 6.92 Å². The van der Waals surface area contributed by atoms with Gasteiger partial charge in [-0.2, -0.15) is 0 Å². The van der Waals surface area contributed by atoms with Gasteiger partial charge in [0.2, 0.25) is 0 Å². The lowest BCUT2D eigenvalue weighted by Gasteiger charge is -2.14. The van der Waals surface area contributed by atoms with Gasteiger partial charge in [0.25, 0.3) is 0 Å². The predicted molar refractivity (Wildman–Crippen MR) is 36.7 cm³/mol. The van der Waals surface area contributed by atoms with Crippen molar-refractivity contribution in [1.29, 1.82) is 0 Å². The summed E-state index contributed by atoms with van der Waals surface area (Å²) in [5.41, 5.74) is 0. The summed E-state index contributed by atoms with van der Waals surface area (Å²) in [6.07, 6.45) is -0.357. The fourth-order valence-corrected chi connectivity index (χ4v) is 0.480. The Bertz CT molecular complexity index is 105. The maximum absolute atomic E-state index is 10.8. The van der Waals surface area contributed by atoms with E-state index in [4.69, 9.17) is 4.74 Å². The molecule has 0 spiro atoms. The number of amides is 1. The molecule has 0 fully saturated rings. The summed E-state index contributed by atoms with van der Waals surface area (Å²) in [5.74, 6) is 0. The molecule has 0 saturated heterocycles. The van der Waals surface area contributed by atoms with Gasteiger partial charge in [0.1, 0.15) is 6.73 Å². The van der Waals surface area contributed by atoms with E-state index in [9.17, 15) is 4.79 Å². The van der Waals surface area contributed by atoms with Crippen LogP contribution in [0.1, 0.15) is 6.92 Å². The van der Waals surface area contributed by atoms with E-state index in [0.29, 0.717) is 6.61 Å². The van der Waals surface area contributed by atoms with Crippen molar-refractivity contribution in [2.45, 2.75) is 6.92 Å². The fraction of sp³-hybridized carbons (Fsp3) is 0.833. The summed E-state index contributed by atoms with van der Waals surface area (Å²) in [6.45, 7) is 2.42. The molecule has 0 aliphatic heterocycles. The van der Waals surface area contributed by atoms with Crippen molar-refractivity contribution < 1.29 is 14.3 Å². The number of hydrogen-bond acceptors (Lipinski definition) is 3. The number of methoxy groups -OCH3 is 1. The Morgan fingerprint density at radius 2 is 2.20 bits per heavy atom. The first-order valence-electron chi connectivity index (χ1n) is 3.09. The van der Waals surface area contributed by atoms with Crippen LogP contribution in [0.2, 0.25) is 0 Å². The Hall–Kier alpha value is -0.770. The third-order valence-electron chi connectivity index (χ3n) is 0.902. The molecular weight excluding hydrogens is 134 g/mol. The van der Waals surface area contributed by atoms with E-state index in [2.05, 4.69) is 4.74 Å². The molecule has 0 atom stereocenters. The van der Waals surface area contributed by atoms with Gasteiger partial charge in [-0.25, -0.2) is 4.79 Å². The van der Waals surface area contributed by atoms with Gasteiger partial charge in [-0.1, -0.05) is 0 Å². The second-order valence-electron chi connectivity index (χ2n) is 1.81. The van der Waals surface area contributed by atoms with E-state index < -0.39 is 0 Å². The third kappa shape index (κ3) is 3.29. The van der Waals surface area contributed by atoms with Crippen LogP contribution in [-0.4, -0.2) is 38.5 Å².